The number of hydrogen-bond donors (Lipinski definition) is 0. The molecule has 0 radical (unpaired) electrons. The Morgan fingerprint density at radius 1 is 1.23 bits per heavy atom. The molecule has 3 heterocycles. The first-order chi connectivity index (χ1) is 14.4. The lowest BCUT2D eigenvalue weighted by molar-refractivity contribution is -0.139. The van der Waals surface area contributed by atoms with Gasteiger partial charge in [0.05, 0.1) is 24.9 Å². The summed E-state index contributed by atoms with van der Waals surface area (Å²) in [6, 6.07) is 7.59. The van der Waals surface area contributed by atoms with Crippen LogP contribution in [0.15, 0.2) is 36.7 Å². The van der Waals surface area contributed by atoms with Crippen molar-refractivity contribution in [1.82, 2.24) is 24.6 Å². The Morgan fingerprint density at radius 3 is 2.73 bits per heavy atom. The van der Waals surface area contributed by atoms with Crippen LogP contribution in [0.2, 0.25) is 0 Å². The number of pyridine rings is 1. The molecule has 8 nitrogen and oxygen atoms in total. The Balaban J connectivity index is 1.66. The van der Waals surface area contributed by atoms with E-state index in [2.05, 4.69) is 23.9 Å². The lowest BCUT2D eigenvalue weighted by Gasteiger charge is -2.25. The first-order valence-corrected chi connectivity index (χ1v) is 10.5. The third-order valence-electron chi connectivity index (χ3n) is 5.12. The van der Waals surface area contributed by atoms with Crippen LogP contribution in [0.4, 0.5) is 0 Å². The summed E-state index contributed by atoms with van der Waals surface area (Å²) in [6.45, 7) is 8.58. The molecule has 162 valence electrons. The van der Waals surface area contributed by atoms with Gasteiger partial charge in [-0.2, -0.15) is 5.10 Å². The largest absolute Gasteiger partial charge is 0.368 e. The molecular formula is C22H31N5O3. The van der Waals surface area contributed by atoms with Gasteiger partial charge in [-0.15, -0.1) is 0 Å². The second-order valence-corrected chi connectivity index (χ2v) is 8.17. The second kappa shape index (κ2) is 10.3. The first kappa shape index (κ1) is 22.0. The van der Waals surface area contributed by atoms with Crippen LogP contribution < -0.4 is 0 Å². The van der Waals surface area contributed by atoms with E-state index in [0.717, 1.165) is 11.4 Å². The summed E-state index contributed by atoms with van der Waals surface area (Å²) in [5, 5.41) is 4.23. The highest BCUT2D eigenvalue weighted by Gasteiger charge is 2.31. The van der Waals surface area contributed by atoms with Crippen LogP contribution in [-0.4, -0.2) is 68.7 Å². The summed E-state index contributed by atoms with van der Waals surface area (Å²) in [7, 11) is 0. The van der Waals surface area contributed by atoms with Crippen LogP contribution in [0.3, 0.4) is 0 Å². The molecule has 0 aliphatic carbocycles. The summed E-state index contributed by atoms with van der Waals surface area (Å²) in [5.41, 5.74) is 1.84. The van der Waals surface area contributed by atoms with Gasteiger partial charge in [0, 0.05) is 50.7 Å². The molecule has 0 spiro atoms. The van der Waals surface area contributed by atoms with Gasteiger partial charge in [-0.3, -0.25) is 19.3 Å². The Kier molecular flexibility index (Phi) is 7.57. The van der Waals surface area contributed by atoms with Gasteiger partial charge in [-0.05, 0) is 31.0 Å². The Hall–Kier alpha value is -2.74. The number of aromatic nitrogens is 3. The zero-order chi connectivity index (χ0) is 21.5. The van der Waals surface area contributed by atoms with Crippen molar-refractivity contribution < 1.29 is 14.3 Å². The number of carbonyl (C=O) groups excluding carboxylic acids is 2. The number of amides is 2. The lowest BCUT2D eigenvalue weighted by Crippen LogP contribution is -2.40. The zero-order valence-electron chi connectivity index (χ0n) is 18.0. The van der Waals surface area contributed by atoms with Crippen LogP contribution in [0.5, 0.6) is 0 Å². The summed E-state index contributed by atoms with van der Waals surface area (Å²) in [4.78, 5) is 33.5. The fourth-order valence-corrected chi connectivity index (χ4v) is 3.57. The second-order valence-electron chi connectivity index (χ2n) is 8.17. The molecule has 1 aliphatic heterocycles. The minimum Gasteiger partial charge on any atom is -0.368 e. The monoisotopic (exact) mass is 413 g/mol. The predicted octanol–water partition coefficient (Wildman–Crippen LogP) is 1.89. The van der Waals surface area contributed by atoms with Crippen LogP contribution in [-0.2, 0) is 27.5 Å². The van der Waals surface area contributed by atoms with Crippen LogP contribution in [0, 0.1) is 12.8 Å². The number of hydrogen-bond acceptors (Lipinski definition) is 5. The summed E-state index contributed by atoms with van der Waals surface area (Å²) in [5.74, 6) is 0.253. The fourth-order valence-electron chi connectivity index (χ4n) is 3.57. The molecular weight excluding hydrogens is 382 g/mol. The average Bonchev–Trinajstić information content (AvgIpc) is 3.06. The standard InChI is InChI=1S/C22H31N5O3/c1-17(2)12-25-13-20(30-16-19-6-4-5-9-23-19)14-26(15-22(25)29)21(28)8-11-27-18(3)7-10-24-27/h4-7,9-10,17,20H,8,11-16H2,1-3H3/t20-/m0/s1. The fraction of sp³-hybridized carbons (Fsp3) is 0.545. The minimum absolute atomic E-state index is 0.0312. The van der Waals surface area contributed by atoms with E-state index >= 15 is 0 Å². The van der Waals surface area contributed by atoms with E-state index in [1.807, 2.05) is 36.1 Å². The molecule has 3 rings (SSSR count). The van der Waals surface area contributed by atoms with Crippen LogP contribution >= 0.6 is 0 Å². The number of nitrogens with zero attached hydrogens (tertiary/aromatic N) is 5. The molecule has 0 saturated carbocycles. The molecule has 0 unspecified atom stereocenters. The van der Waals surface area contributed by atoms with Gasteiger partial charge in [0.2, 0.25) is 11.8 Å². The Labute approximate surface area is 177 Å². The van der Waals surface area contributed by atoms with Crippen molar-refractivity contribution in [2.24, 2.45) is 5.92 Å². The van der Waals surface area contributed by atoms with E-state index < -0.39 is 0 Å². The van der Waals surface area contributed by atoms with E-state index in [0.29, 0.717) is 45.1 Å². The molecule has 30 heavy (non-hydrogen) atoms. The quantitative estimate of drug-likeness (QED) is 0.660. The molecule has 1 saturated heterocycles. The van der Waals surface area contributed by atoms with Crippen molar-refractivity contribution in [2.75, 3.05) is 26.2 Å². The maximum atomic E-state index is 12.9. The SMILES string of the molecule is Cc1ccnn1CCC(=O)N1CC(=O)N(CC(C)C)C[C@H](OCc2ccccn2)C1. The van der Waals surface area contributed by atoms with Gasteiger partial charge < -0.3 is 14.5 Å². The van der Waals surface area contributed by atoms with E-state index in [1.165, 1.54) is 0 Å². The van der Waals surface area contributed by atoms with Crippen molar-refractivity contribution >= 4 is 11.8 Å². The van der Waals surface area contributed by atoms with Crippen molar-refractivity contribution in [1.29, 1.82) is 0 Å². The molecule has 1 aliphatic rings. The maximum Gasteiger partial charge on any atom is 0.242 e. The van der Waals surface area contributed by atoms with Gasteiger partial charge >= 0.3 is 0 Å². The molecule has 0 N–H and O–H groups in total. The highest BCUT2D eigenvalue weighted by Crippen LogP contribution is 2.14. The van der Waals surface area contributed by atoms with Crippen LogP contribution in [0.25, 0.3) is 0 Å². The smallest absolute Gasteiger partial charge is 0.242 e. The highest BCUT2D eigenvalue weighted by molar-refractivity contribution is 5.85. The van der Waals surface area contributed by atoms with E-state index in [4.69, 9.17) is 4.74 Å². The van der Waals surface area contributed by atoms with Gasteiger partial charge in [0.15, 0.2) is 0 Å². The molecule has 1 atom stereocenters. The van der Waals surface area contributed by atoms with Crippen molar-refractivity contribution in [2.45, 2.75) is 46.4 Å². The van der Waals surface area contributed by atoms with Crippen LogP contribution in [0.1, 0.15) is 31.7 Å². The maximum absolute atomic E-state index is 12.9. The summed E-state index contributed by atoms with van der Waals surface area (Å²) < 4.78 is 7.89. The average molecular weight is 414 g/mol. The third kappa shape index (κ3) is 6.13. The van der Waals surface area contributed by atoms with Crippen molar-refractivity contribution in [3.8, 4) is 0 Å². The number of carbonyl (C=O) groups is 2. The van der Waals surface area contributed by atoms with Crippen molar-refractivity contribution in [3.63, 3.8) is 0 Å². The van der Waals surface area contributed by atoms with Crippen molar-refractivity contribution in [3.05, 3.63) is 48.0 Å². The zero-order valence-corrected chi connectivity index (χ0v) is 18.0. The van der Waals surface area contributed by atoms with Gasteiger partial charge in [-0.1, -0.05) is 19.9 Å². The summed E-state index contributed by atoms with van der Waals surface area (Å²) >= 11 is 0. The van der Waals surface area contributed by atoms with Gasteiger partial charge in [0.1, 0.15) is 0 Å². The van der Waals surface area contributed by atoms with Gasteiger partial charge in [-0.25, -0.2) is 0 Å². The Bertz CT molecular complexity index is 836. The lowest BCUT2D eigenvalue weighted by atomic mass is 10.2. The number of rotatable bonds is 8. The summed E-state index contributed by atoms with van der Waals surface area (Å²) in [6.07, 6.45) is 3.49. The molecule has 0 bridgehead atoms. The molecule has 8 heteroatoms. The molecule has 1 fully saturated rings. The van der Waals surface area contributed by atoms with E-state index in [9.17, 15) is 9.59 Å². The molecule has 2 amide bonds. The Morgan fingerprint density at radius 2 is 2.07 bits per heavy atom. The molecule has 0 aromatic carbocycles. The first-order valence-electron chi connectivity index (χ1n) is 10.5. The van der Waals surface area contributed by atoms with Gasteiger partial charge in [0.25, 0.3) is 0 Å². The topological polar surface area (TPSA) is 80.6 Å². The molecule has 2 aromatic heterocycles. The normalized spacial score (nSPS) is 17.5. The number of ether oxygens (including phenoxy) is 1. The minimum atomic E-state index is -0.257. The van der Waals surface area contributed by atoms with E-state index in [1.54, 1.807) is 22.0 Å². The molecule has 2 aromatic rings. The highest BCUT2D eigenvalue weighted by atomic mass is 16.5. The van der Waals surface area contributed by atoms with E-state index in [-0.39, 0.29) is 24.5 Å². The predicted molar refractivity (Wildman–Crippen MR) is 112 cm³/mol. The number of aryl methyl sites for hydroxylation is 2. The third-order valence-corrected chi connectivity index (χ3v) is 5.12.